The summed E-state index contributed by atoms with van der Waals surface area (Å²) in [6.45, 7) is 19.6. The van der Waals surface area contributed by atoms with Gasteiger partial charge in [-0.3, -0.25) is 4.98 Å². The van der Waals surface area contributed by atoms with Gasteiger partial charge in [-0.25, -0.2) is 4.39 Å². The number of aromatic nitrogens is 1. The van der Waals surface area contributed by atoms with Crippen molar-refractivity contribution >= 4 is 13.9 Å². The van der Waals surface area contributed by atoms with E-state index in [1.807, 2.05) is 13.8 Å². The molecule has 3 nitrogen and oxygen atoms in total. The molecule has 41 heavy (non-hydrogen) atoms. The number of hydrogen-bond donors (Lipinski definition) is 1. The summed E-state index contributed by atoms with van der Waals surface area (Å²) < 4.78 is 61.8. The van der Waals surface area contributed by atoms with Crippen molar-refractivity contribution in [2.75, 3.05) is 0 Å². The monoisotopic (exact) mass is 591 g/mol. The van der Waals surface area contributed by atoms with Crippen molar-refractivity contribution < 1.29 is 27.1 Å². The molecule has 0 unspecified atom stereocenters. The molecule has 2 atom stereocenters. The molecule has 4 rings (SSSR count). The first-order valence-electron chi connectivity index (χ1n) is 14.7. The van der Waals surface area contributed by atoms with Gasteiger partial charge in [-0.1, -0.05) is 60.6 Å². The van der Waals surface area contributed by atoms with E-state index < -0.39 is 32.0 Å². The maximum Gasteiger partial charge on any atom is 0.419 e. The smallest absolute Gasteiger partial charge is 0.410 e. The minimum atomic E-state index is -4.81. The second-order valence-corrected chi connectivity index (χ2v) is 19.2. The molecule has 226 valence electrons. The van der Waals surface area contributed by atoms with Gasteiger partial charge in [0.1, 0.15) is 11.9 Å². The van der Waals surface area contributed by atoms with E-state index in [9.17, 15) is 22.7 Å². The fraction of sp³-hybridized carbons (Fsp3) is 0.606. The summed E-state index contributed by atoms with van der Waals surface area (Å²) >= 11 is 0. The summed E-state index contributed by atoms with van der Waals surface area (Å²) in [5, 5.41) is 11.9. The predicted molar refractivity (Wildman–Crippen MR) is 159 cm³/mol. The number of benzene rings is 1. The summed E-state index contributed by atoms with van der Waals surface area (Å²) in [4.78, 5) is 5.18. The van der Waals surface area contributed by atoms with Crippen LogP contribution in [-0.2, 0) is 17.0 Å². The van der Waals surface area contributed by atoms with E-state index in [1.54, 1.807) is 0 Å². The number of nitrogens with zero attached hydrogens (tertiary/aromatic N) is 1. The third-order valence-electron chi connectivity index (χ3n) is 9.13. The molecule has 1 N–H and O–H groups in total. The Balaban J connectivity index is 2.01. The molecule has 1 aromatic heterocycles. The van der Waals surface area contributed by atoms with E-state index in [2.05, 4.69) is 53.8 Å². The number of fused-ring (bicyclic) bond motifs is 1. The Labute approximate surface area is 243 Å². The van der Waals surface area contributed by atoms with E-state index in [0.29, 0.717) is 11.3 Å². The predicted octanol–water partition coefficient (Wildman–Crippen LogP) is 10.0. The highest BCUT2D eigenvalue weighted by molar-refractivity contribution is 6.74. The molecule has 0 fully saturated rings. The van der Waals surface area contributed by atoms with Crippen molar-refractivity contribution in [1.29, 1.82) is 0 Å². The molecule has 0 spiro atoms. The molecule has 0 amide bonds. The fourth-order valence-electron chi connectivity index (χ4n) is 5.99. The van der Waals surface area contributed by atoms with E-state index in [-0.39, 0.29) is 28.0 Å². The van der Waals surface area contributed by atoms with Crippen LogP contribution in [0.2, 0.25) is 18.1 Å². The molecule has 0 radical (unpaired) electrons. The molecule has 0 bridgehead atoms. The van der Waals surface area contributed by atoms with Crippen molar-refractivity contribution in [2.24, 2.45) is 5.41 Å². The minimum absolute atomic E-state index is 0.0209. The zero-order valence-electron chi connectivity index (χ0n) is 25.9. The number of alkyl halides is 3. The Kier molecular flexibility index (Phi) is 8.49. The zero-order chi connectivity index (χ0) is 30.7. The topological polar surface area (TPSA) is 42.4 Å². The highest BCUT2D eigenvalue weighted by Gasteiger charge is 2.45. The number of allylic oxidation sites excluding steroid dienone is 2. The molecular formula is C33H45F4NO2Si. The second-order valence-electron chi connectivity index (χ2n) is 14.5. The number of halogens is 4. The number of pyridine rings is 1. The van der Waals surface area contributed by atoms with Gasteiger partial charge in [-0.15, -0.1) is 0 Å². The third kappa shape index (κ3) is 6.35. The van der Waals surface area contributed by atoms with Crippen LogP contribution in [0.15, 0.2) is 24.3 Å². The van der Waals surface area contributed by atoms with Gasteiger partial charge < -0.3 is 9.53 Å². The summed E-state index contributed by atoms with van der Waals surface area (Å²) in [5.41, 5.74) is 3.91. The van der Waals surface area contributed by atoms with Gasteiger partial charge in [0.2, 0.25) is 0 Å². The lowest BCUT2D eigenvalue weighted by molar-refractivity contribution is -0.140. The van der Waals surface area contributed by atoms with Gasteiger partial charge in [-0.05, 0) is 90.4 Å². The van der Waals surface area contributed by atoms with Crippen molar-refractivity contribution in [3.63, 3.8) is 0 Å². The van der Waals surface area contributed by atoms with Crippen LogP contribution in [0.5, 0.6) is 0 Å². The fourth-order valence-corrected chi connectivity index (χ4v) is 7.25. The summed E-state index contributed by atoms with van der Waals surface area (Å²) in [5.74, 6) is -1.47. The number of aliphatic hydroxyl groups is 1. The standard InChI is InChI=1S/C33H45F4NO2Si/c1-19(2)29-28(30(39)21-14-15-22(23(34)16-21)33(35,36)37)26(20-12-10-11-13-20)27-24(38-29)17-32(6,7)18-25(27)40-41(8,9)31(3,4)5/h12,14-16,19,25,30,39H,10-11,13,17-18H2,1-9H3/t25-,30+/m0/s1. The van der Waals surface area contributed by atoms with Gasteiger partial charge in [0.15, 0.2) is 8.32 Å². The molecule has 0 saturated heterocycles. The maximum atomic E-state index is 14.7. The summed E-state index contributed by atoms with van der Waals surface area (Å²) in [6, 6.07) is 2.71. The highest BCUT2D eigenvalue weighted by atomic mass is 28.4. The highest BCUT2D eigenvalue weighted by Crippen LogP contribution is 2.52. The molecule has 2 aliphatic carbocycles. The van der Waals surface area contributed by atoms with Crippen LogP contribution in [0.1, 0.15) is 131 Å². The van der Waals surface area contributed by atoms with Crippen LogP contribution in [0, 0.1) is 11.2 Å². The summed E-state index contributed by atoms with van der Waals surface area (Å²) in [6.07, 6.45) is 0.0606. The second kappa shape index (κ2) is 10.9. The molecule has 8 heteroatoms. The number of aliphatic hydroxyl groups excluding tert-OH is 1. The van der Waals surface area contributed by atoms with Crippen molar-refractivity contribution in [2.45, 2.75) is 123 Å². The van der Waals surface area contributed by atoms with Crippen molar-refractivity contribution in [3.8, 4) is 0 Å². The normalized spacial score (nSPS) is 20.3. The average Bonchev–Trinajstić information content (AvgIpc) is 3.34. The van der Waals surface area contributed by atoms with Crippen LogP contribution in [0.25, 0.3) is 5.57 Å². The van der Waals surface area contributed by atoms with Gasteiger partial charge in [-0.2, -0.15) is 13.2 Å². The van der Waals surface area contributed by atoms with Gasteiger partial charge in [0.25, 0.3) is 0 Å². The van der Waals surface area contributed by atoms with Crippen LogP contribution in [0.4, 0.5) is 17.6 Å². The van der Waals surface area contributed by atoms with Gasteiger partial charge in [0, 0.05) is 22.5 Å². The lowest BCUT2D eigenvalue weighted by Gasteiger charge is -2.45. The maximum absolute atomic E-state index is 14.7. The molecule has 2 aliphatic rings. The Hall–Kier alpha value is -2.03. The van der Waals surface area contributed by atoms with Crippen LogP contribution in [0.3, 0.4) is 0 Å². The largest absolute Gasteiger partial charge is 0.419 e. The van der Waals surface area contributed by atoms with Crippen LogP contribution >= 0.6 is 0 Å². The molecule has 0 aliphatic heterocycles. The lowest BCUT2D eigenvalue weighted by atomic mass is 9.71. The first-order valence-corrected chi connectivity index (χ1v) is 17.6. The third-order valence-corrected chi connectivity index (χ3v) is 13.6. The van der Waals surface area contributed by atoms with Crippen molar-refractivity contribution in [1.82, 2.24) is 4.98 Å². The van der Waals surface area contributed by atoms with Gasteiger partial charge >= 0.3 is 6.18 Å². The van der Waals surface area contributed by atoms with Crippen molar-refractivity contribution in [3.05, 3.63) is 69.3 Å². The Morgan fingerprint density at radius 2 is 1.78 bits per heavy atom. The molecular weight excluding hydrogens is 546 g/mol. The average molecular weight is 592 g/mol. The van der Waals surface area contributed by atoms with E-state index in [1.165, 1.54) is 6.07 Å². The van der Waals surface area contributed by atoms with E-state index >= 15 is 0 Å². The van der Waals surface area contributed by atoms with E-state index in [4.69, 9.17) is 9.41 Å². The molecule has 1 heterocycles. The first kappa shape index (κ1) is 31.9. The quantitative estimate of drug-likeness (QED) is 0.268. The Morgan fingerprint density at radius 1 is 1.12 bits per heavy atom. The molecule has 0 saturated carbocycles. The van der Waals surface area contributed by atoms with Gasteiger partial charge in [0.05, 0.1) is 11.7 Å². The van der Waals surface area contributed by atoms with Crippen LogP contribution in [-0.4, -0.2) is 18.4 Å². The van der Waals surface area contributed by atoms with Crippen LogP contribution < -0.4 is 0 Å². The van der Waals surface area contributed by atoms with E-state index in [0.717, 1.165) is 66.6 Å². The minimum Gasteiger partial charge on any atom is -0.410 e. The first-order chi connectivity index (χ1) is 18.7. The molecule has 2 aromatic rings. The zero-order valence-corrected chi connectivity index (χ0v) is 26.9. The number of rotatable bonds is 6. The Morgan fingerprint density at radius 3 is 2.29 bits per heavy atom. The molecule has 1 aromatic carbocycles. The Bertz CT molecular complexity index is 1340. The lowest BCUT2D eigenvalue weighted by Crippen LogP contribution is -2.44. The number of hydrogen-bond acceptors (Lipinski definition) is 3. The SMILES string of the molecule is CC(C)c1nc2c(c(C3=CCCC3)c1[C@H](O)c1ccc(C(F)(F)F)c(F)c1)[C@@H](O[Si](C)(C)C(C)(C)C)CC(C)(C)C2. The summed E-state index contributed by atoms with van der Waals surface area (Å²) in [7, 11) is -2.23.